The highest BCUT2D eigenvalue weighted by molar-refractivity contribution is 5.90. The van der Waals surface area contributed by atoms with Gasteiger partial charge in [-0.05, 0) is 33.3 Å². The summed E-state index contributed by atoms with van der Waals surface area (Å²) in [6.45, 7) is 4.07. The Hall–Kier alpha value is -2.60. The highest BCUT2D eigenvalue weighted by Gasteiger charge is 2.61. The first-order valence-corrected chi connectivity index (χ1v) is 8.46. The number of nitro groups is 1. The van der Waals surface area contributed by atoms with Crippen molar-refractivity contribution in [3.8, 4) is 6.07 Å². The molecule has 0 aromatic heterocycles. The van der Waals surface area contributed by atoms with Gasteiger partial charge in [0.25, 0.3) is 5.69 Å². The van der Waals surface area contributed by atoms with Crippen LogP contribution in [0.25, 0.3) is 0 Å². The topological polar surface area (TPSA) is 115 Å². The third-order valence-electron chi connectivity index (χ3n) is 5.53. The van der Waals surface area contributed by atoms with E-state index in [-0.39, 0.29) is 30.1 Å². The number of amidine groups is 1. The van der Waals surface area contributed by atoms with Gasteiger partial charge in [-0.25, -0.2) is 8.78 Å². The van der Waals surface area contributed by atoms with Gasteiger partial charge in [0.05, 0.1) is 23.7 Å². The molecule has 0 bridgehead atoms. The largest absolute Gasteiger partial charge is 0.386 e. The third-order valence-corrected chi connectivity index (χ3v) is 5.53. The molecule has 1 aromatic carbocycles. The summed E-state index contributed by atoms with van der Waals surface area (Å²) in [7, 11) is 0. The molecule has 2 N–H and O–H groups in total. The molecule has 0 saturated carbocycles. The summed E-state index contributed by atoms with van der Waals surface area (Å²) in [4.78, 5) is 14.9. The molecule has 2 aliphatic heterocycles. The zero-order chi connectivity index (χ0) is 20.2. The summed E-state index contributed by atoms with van der Waals surface area (Å²) in [5, 5.41) is 20.7. The Kier molecular flexibility index (Phi) is 4.23. The maximum absolute atomic E-state index is 14.8. The monoisotopic (exact) mass is 378 g/mol. The van der Waals surface area contributed by atoms with E-state index in [0.29, 0.717) is 0 Å². The molecular formula is C18H20F2N4O3. The minimum absolute atomic E-state index is 0.0203. The predicted octanol–water partition coefficient (Wildman–Crippen LogP) is 2.98. The van der Waals surface area contributed by atoms with Gasteiger partial charge in [0, 0.05) is 23.6 Å². The lowest BCUT2D eigenvalue weighted by Crippen LogP contribution is -2.52. The van der Waals surface area contributed by atoms with Crippen molar-refractivity contribution < 1.29 is 18.4 Å². The Morgan fingerprint density at radius 1 is 1.52 bits per heavy atom. The van der Waals surface area contributed by atoms with Crippen LogP contribution >= 0.6 is 0 Å². The summed E-state index contributed by atoms with van der Waals surface area (Å²) in [6.07, 6.45) is -0.875. The van der Waals surface area contributed by atoms with Gasteiger partial charge in [0.2, 0.25) is 0 Å². The number of non-ortho nitro benzene ring substituents is 1. The number of hydrogen-bond acceptors (Lipinski definition) is 6. The minimum Gasteiger partial charge on any atom is -0.386 e. The van der Waals surface area contributed by atoms with Gasteiger partial charge in [0.15, 0.2) is 0 Å². The van der Waals surface area contributed by atoms with E-state index >= 15 is 0 Å². The number of nitrogens with zero attached hydrogens (tertiary/aromatic N) is 3. The van der Waals surface area contributed by atoms with E-state index in [1.807, 2.05) is 0 Å². The van der Waals surface area contributed by atoms with Crippen molar-refractivity contribution in [2.75, 3.05) is 6.61 Å². The maximum atomic E-state index is 14.8. The second-order valence-corrected chi connectivity index (χ2v) is 7.89. The first-order chi connectivity index (χ1) is 12.4. The van der Waals surface area contributed by atoms with Crippen LogP contribution in [0.4, 0.5) is 14.5 Å². The Morgan fingerprint density at radius 3 is 2.74 bits per heavy atom. The fraction of sp³-hybridized carbons (Fsp3) is 0.556. The second-order valence-electron chi connectivity index (χ2n) is 7.89. The average Bonchev–Trinajstić information content (AvgIpc) is 2.94. The summed E-state index contributed by atoms with van der Waals surface area (Å²) < 4.78 is 35.2. The predicted molar refractivity (Wildman–Crippen MR) is 93.1 cm³/mol. The molecule has 0 aliphatic carbocycles. The molecule has 0 spiro atoms. The van der Waals surface area contributed by atoms with Crippen LogP contribution in [0.2, 0.25) is 0 Å². The molecule has 4 atom stereocenters. The van der Waals surface area contributed by atoms with Gasteiger partial charge >= 0.3 is 0 Å². The highest BCUT2D eigenvalue weighted by Crippen LogP contribution is 2.54. The van der Waals surface area contributed by atoms with Crippen molar-refractivity contribution in [1.82, 2.24) is 0 Å². The Bertz CT molecular complexity index is 876. The van der Waals surface area contributed by atoms with E-state index in [2.05, 4.69) is 11.1 Å². The summed E-state index contributed by atoms with van der Waals surface area (Å²) in [5.41, 5.74) is 1.26. The van der Waals surface area contributed by atoms with E-state index in [1.54, 1.807) is 6.92 Å². The molecule has 3 rings (SSSR count). The third kappa shape index (κ3) is 2.84. The first-order valence-electron chi connectivity index (χ1n) is 8.46. The SMILES string of the molecule is CC(C)(F)[C@H]1OC[C@]2(c3cc([N+](=O)[O-])ccc3F)N=C(N)[C@@](C)(C#N)C[C@H]12. The van der Waals surface area contributed by atoms with Gasteiger partial charge in [-0.2, -0.15) is 5.26 Å². The zero-order valence-corrected chi connectivity index (χ0v) is 15.2. The molecule has 9 heteroatoms. The number of rotatable bonds is 3. The molecule has 0 radical (unpaired) electrons. The van der Waals surface area contributed by atoms with Crippen LogP contribution in [0.5, 0.6) is 0 Å². The minimum atomic E-state index is -1.79. The molecule has 1 aromatic rings. The molecule has 2 aliphatic rings. The second kappa shape index (κ2) is 5.96. The molecule has 7 nitrogen and oxygen atoms in total. The van der Waals surface area contributed by atoms with E-state index in [4.69, 9.17) is 10.5 Å². The van der Waals surface area contributed by atoms with Crippen molar-refractivity contribution in [2.45, 2.75) is 44.5 Å². The number of alkyl halides is 1. The number of benzene rings is 1. The van der Waals surface area contributed by atoms with E-state index in [0.717, 1.165) is 18.2 Å². The van der Waals surface area contributed by atoms with Crippen LogP contribution in [0.3, 0.4) is 0 Å². The van der Waals surface area contributed by atoms with Crippen LogP contribution in [0, 0.1) is 38.6 Å². The quantitative estimate of drug-likeness (QED) is 0.641. The van der Waals surface area contributed by atoms with Crippen LogP contribution < -0.4 is 5.73 Å². The van der Waals surface area contributed by atoms with Crippen molar-refractivity contribution in [1.29, 1.82) is 5.26 Å². The molecular weight excluding hydrogens is 358 g/mol. The fourth-order valence-corrected chi connectivity index (χ4v) is 4.04. The molecule has 0 amide bonds. The molecule has 0 unspecified atom stereocenters. The maximum Gasteiger partial charge on any atom is 0.270 e. The Morgan fingerprint density at radius 2 is 2.19 bits per heavy atom. The highest BCUT2D eigenvalue weighted by atomic mass is 19.1. The van der Waals surface area contributed by atoms with Crippen LogP contribution in [-0.4, -0.2) is 29.1 Å². The molecule has 27 heavy (non-hydrogen) atoms. The number of aliphatic imine (C=N–C) groups is 1. The first kappa shape index (κ1) is 19.2. The number of hydrogen-bond donors (Lipinski definition) is 1. The van der Waals surface area contributed by atoms with Crippen molar-refractivity contribution in [2.24, 2.45) is 22.1 Å². The number of nitriles is 1. The fourth-order valence-electron chi connectivity index (χ4n) is 4.04. The standard InChI is InChI=1S/C18H20F2N4O3/c1-16(2,20)14-12-7-17(3,8-21)15(22)23-18(12,9-27-14)11-6-10(24(25)26)4-5-13(11)19/h4-6,12,14H,7,9H2,1-3H3,(H2,22,23)/t12-,14+,17-,18-/m1/s1. The lowest BCUT2D eigenvalue weighted by atomic mass is 9.65. The van der Waals surface area contributed by atoms with E-state index in [1.165, 1.54) is 13.8 Å². The number of fused-ring (bicyclic) bond motifs is 1. The Labute approximate surface area is 155 Å². The smallest absolute Gasteiger partial charge is 0.270 e. The lowest BCUT2D eigenvalue weighted by Gasteiger charge is -2.43. The summed E-state index contributed by atoms with van der Waals surface area (Å²) in [5.74, 6) is -1.46. The summed E-state index contributed by atoms with van der Waals surface area (Å²) >= 11 is 0. The molecule has 1 saturated heterocycles. The van der Waals surface area contributed by atoms with E-state index in [9.17, 15) is 24.2 Å². The molecule has 144 valence electrons. The van der Waals surface area contributed by atoms with Crippen molar-refractivity contribution in [3.63, 3.8) is 0 Å². The van der Waals surface area contributed by atoms with E-state index < -0.39 is 39.4 Å². The zero-order valence-electron chi connectivity index (χ0n) is 15.2. The van der Waals surface area contributed by atoms with Crippen LogP contribution in [0.15, 0.2) is 23.2 Å². The number of nitrogens with two attached hydrogens (primary N) is 1. The van der Waals surface area contributed by atoms with Gasteiger partial charge in [-0.3, -0.25) is 15.1 Å². The van der Waals surface area contributed by atoms with Crippen LogP contribution in [0.1, 0.15) is 32.8 Å². The molecule has 2 heterocycles. The van der Waals surface area contributed by atoms with Gasteiger partial charge in [-0.1, -0.05) is 0 Å². The summed E-state index contributed by atoms with van der Waals surface area (Å²) in [6, 6.07) is 5.21. The Balaban J connectivity index is 2.26. The molecule has 1 fully saturated rings. The van der Waals surface area contributed by atoms with Crippen molar-refractivity contribution >= 4 is 11.5 Å². The lowest BCUT2D eigenvalue weighted by molar-refractivity contribution is -0.385. The van der Waals surface area contributed by atoms with Gasteiger partial charge in [-0.15, -0.1) is 0 Å². The number of ether oxygens (including phenoxy) is 1. The number of nitro benzene ring substituents is 1. The van der Waals surface area contributed by atoms with Gasteiger partial charge < -0.3 is 10.5 Å². The van der Waals surface area contributed by atoms with Crippen LogP contribution in [-0.2, 0) is 10.3 Å². The van der Waals surface area contributed by atoms with Crippen molar-refractivity contribution in [3.05, 3.63) is 39.7 Å². The normalized spacial score (nSPS) is 33.1. The number of halogens is 2. The van der Waals surface area contributed by atoms with Gasteiger partial charge in [0.1, 0.15) is 28.3 Å². The average molecular weight is 378 g/mol.